The van der Waals surface area contributed by atoms with Gasteiger partial charge < -0.3 is 15.3 Å². The number of carbonyl (C=O) groups is 3. The van der Waals surface area contributed by atoms with Gasteiger partial charge in [0, 0.05) is 24.2 Å². The molecule has 1 fully saturated rings. The van der Waals surface area contributed by atoms with E-state index >= 15 is 0 Å². The Kier molecular flexibility index (Phi) is 5.73. The fourth-order valence-electron chi connectivity index (χ4n) is 2.09. The van der Waals surface area contributed by atoms with Crippen molar-refractivity contribution in [1.29, 1.82) is 0 Å². The molecule has 0 aliphatic carbocycles. The SMILES string of the molecule is CC(C(=O)O)=C(C)C(=O)NC(C)C(=O)N1CCCCC1. The van der Waals surface area contributed by atoms with Crippen molar-refractivity contribution in [1.82, 2.24) is 10.2 Å². The van der Waals surface area contributed by atoms with Crippen LogP contribution in [0.4, 0.5) is 0 Å². The highest BCUT2D eigenvalue weighted by atomic mass is 16.4. The van der Waals surface area contributed by atoms with Crippen molar-refractivity contribution in [2.45, 2.75) is 46.1 Å². The van der Waals surface area contributed by atoms with Crippen LogP contribution >= 0.6 is 0 Å². The number of carboxylic acids is 1. The van der Waals surface area contributed by atoms with E-state index in [0.29, 0.717) is 0 Å². The maximum absolute atomic E-state index is 12.1. The predicted octanol–water partition coefficient (Wildman–Crippen LogP) is 0.925. The molecule has 2 N–H and O–H groups in total. The number of hydrogen-bond acceptors (Lipinski definition) is 3. The van der Waals surface area contributed by atoms with E-state index in [9.17, 15) is 14.4 Å². The lowest BCUT2D eigenvalue weighted by molar-refractivity contribution is -0.136. The molecule has 1 rings (SSSR count). The maximum atomic E-state index is 12.1. The molecule has 1 heterocycles. The van der Waals surface area contributed by atoms with E-state index in [4.69, 9.17) is 5.11 Å². The molecule has 1 aliphatic heterocycles. The van der Waals surface area contributed by atoms with Gasteiger partial charge in [0.25, 0.3) is 0 Å². The zero-order chi connectivity index (χ0) is 15.3. The first-order valence-corrected chi connectivity index (χ1v) is 6.85. The highest BCUT2D eigenvalue weighted by Gasteiger charge is 2.24. The Hall–Kier alpha value is -1.85. The molecule has 2 amide bonds. The molecular formula is C14H22N2O4. The Morgan fingerprint density at radius 2 is 1.60 bits per heavy atom. The third-order valence-electron chi connectivity index (χ3n) is 3.61. The van der Waals surface area contributed by atoms with Crippen LogP contribution in [0.1, 0.15) is 40.0 Å². The molecule has 1 unspecified atom stereocenters. The van der Waals surface area contributed by atoms with Gasteiger partial charge in [-0.1, -0.05) is 0 Å². The summed E-state index contributed by atoms with van der Waals surface area (Å²) < 4.78 is 0. The maximum Gasteiger partial charge on any atom is 0.331 e. The van der Waals surface area contributed by atoms with Gasteiger partial charge >= 0.3 is 5.97 Å². The summed E-state index contributed by atoms with van der Waals surface area (Å²) in [5, 5.41) is 11.4. The predicted molar refractivity (Wildman–Crippen MR) is 74.0 cm³/mol. The fourth-order valence-corrected chi connectivity index (χ4v) is 2.09. The van der Waals surface area contributed by atoms with Crippen LogP contribution in [0.2, 0.25) is 0 Å². The van der Waals surface area contributed by atoms with Crippen molar-refractivity contribution in [3.8, 4) is 0 Å². The highest BCUT2D eigenvalue weighted by molar-refractivity contribution is 6.02. The number of likely N-dealkylation sites (tertiary alicyclic amines) is 1. The molecule has 1 atom stereocenters. The van der Waals surface area contributed by atoms with Crippen LogP contribution in [0.25, 0.3) is 0 Å². The van der Waals surface area contributed by atoms with E-state index in [1.54, 1.807) is 11.8 Å². The number of rotatable bonds is 4. The van der Waals surface area contributed by atoms with Crippen molar-refractivity contribution in [3.05, 3.63) is 11.1 Å². The van der Waals surface area contributed by atoms with Crippen molar-refractivity contribution in [3.63, 3.8) is 0 Å². The Morgan fingerprint density at radius 3 is 2.10 bits per heavy atom. The minimum Gasteiger partial charge on any atom is -0.478 e. The van der Waals surface area contributed by atoms with Gasteiger partial charge in [-0.2, -0.15) is 0 Å². The van der Waals surface area contributed by atoms with Gasteiger partial charge in [0.15, 0.2) is 0 Å². The molecule has 1 saturated heterocycles. The summed E-state index contributed by atoms with van der Waals surface area (Å²) in [6, 6.07) is -0.642. The Labute approximate surface area is 118 Å². The number of piperidine rings is 1. The standard InChI is InChI=1S/C14H22N2O4/c1-9(10(2)14(19)20)12(17)15-11(3)13(18)16-7-5-4-6-8-16/h11H,4-8H2,1-3H3,(H,15,17)(H,19,20). The monoisotopic (exact) mass is 282 g/mol. The van der Waals surface area contributed by atoms with E-state index in [-0.39, 0.29) is 17.1 Å². The van der Waals surface area contributed by atoms with Crippen molar-refractivity contribution < 1.29 is 19.5 Å². The molecule has 0 aromatic heterocycles. The van der Waals surface area contributed by atoms with Gasteiger partial charge in [-0.25, -0.2) is 4.79 Å². The van der Waals surface area contributed by atoms with E-state index in [1.807, 2.05) is 0 Å². The third kappa shape index (κ3) is 4.08. The summed E-state index contributed by atoms with van der Waals surface area (Å²) in [5.74, 6) is -1.76. The lowest BCUT2D eigenvalue weighted by atomic mass is 10.1. The highest BCUT2D eigenvalue weighted by Crippen LogP contribution is 2.10. The second-order valence-electron chi connectivity index (χ2n) is 5.14. The van der Waals surface area contributed by atoms with E-state index in [0.717, 1.165) is 32.4 Å². The molecule has 0 aromatic carbocycles. The molecule has 0 spiro atoms. The summed E-state index contributed by atoms with van der Waals surface area (Å²) in [7, 11) is 0. The van der Waals surface area contributed by atoms with E-state index in [1.165, 1.54) is 13.8 Å². The Bertz CT molecular complexity index is 436. The van der Waals surface area contributed by atoms with Crippen LogP contribution in [-0.2, 0) is 14.4 Å². The van der Waals surface area contributed by atoms with Gasteiger partial charge in [0.05, 0.1) is 0 Å². The zero-order valence-corrected chi connectivity index (χ0v) is 12.2. The van der Waals surface area contributed by atoms with Gasteiger partial charge in [0.1, 0.15) is 6.04 Å². The van der Waals surface area contributed by atoms with Crippen molar-refractivity contribution in [2.75, 3.05) is 13.1 Å². The molecular weight excluding hydrogens is 260 g/mol. The van der Waals surface area contributed by atoms with Crippen molar-refractivity contribution in [2.24, 2.45) is 0 Å². The van der Waals surface area contributed by atoms with Crippen LogP contribution in [-0.4, -0.2) is 46.9 Å². The van der Waals surface area contributed by atoms with Gasteiger partial charge in [-0.15, -0.1) is 0 Å². The van der Waals surface area contributed by atoms with Gasteiger partial charge in [-0.3, -0.25) is 9.59 Å². The largest absolute Gasteiger partial charge is 0.478 e. The topological polar surface area (TPSA) is 86.7 Å². The second kappa shape index (κ2) is 7.07. The number of nitrogens with one attached hydrogen (secondary N) is 1. The smallest absolute Gasteiger partial charge is 0.331 e. The molecule has 0 bridgehead atoms. The van der Waals surface area contributed by atoms with Crippen molar-refractivity contribution >= 4 is 17.8 Å². The number of carbonyl (C=O) groups excluding carboxylic acids is 2. The van der Waals surface area contributed by atoms with Crippen LogP contribution in [0.3, 0.4) is 0 Å². The number of carboxylic acid groups (broad SMARTS) is 1. The second-order valence-corrected chi connectivity index (χ2v) is 5.14. The number of amides is 2. The summed E-state index contributed by atoms with van der Waals surface area (Å²) in [4.78, 5) is 36.6. The van der Waals surface area contributed by atoms with Gasteiger partial charge in [-0.05, 0) is 40.0 Å². The number of nitrogens with zero attached hydrogens (tertiary/aromatic N) is 1. The first-order valence-electron chi connectivity index (χ1n) is 6.85. The minimum atomic E-state index is -1.13. The number of aliphatic carboxylic acids is 1. The summed E-state index contributed by atoms with van der Waals surface area (Å²) in [6.45, 7) is 5.88. The third-order valence-corrected chi connectivity index (χ3v) is 3.61. The lowest BCUT2D eigenvalue weighted by Gasteiger charge is -2.29. The summed E-state index contributed by atoms with van der Waals surface area (Å²) in [5.41, 5.74) is 0.107. The van der Waals surface area contributed by atoms with Crippen LogP contribution in [0.15, 0.2) is 11.1 Å². The zero-order valence-electron chi connectivity index (χ0n) is 12.2. The van der Waals surface area contributed by atoms with E-state index in [2.05, 4.69) is 5.32 Å². The Balaban J connectivity index is 2.63. The molecule has 112 valence electrons. The number of hydrogen-bond donors (Lipinski definition) is 2. The molecule has 6 nitrogen and oxygen atoms in total. The van der Waals surface area contributed by atoms with Gasteiger partial charge in [0.2, 0.25) is 11.8 Å². The summed E-state index contributed by atoms with van der Waals surface area (Å²) >= 11 is 0. The average molecular weight is 282 g/mol. The van der Waals surface area contributed by atoms with Crippen LogP contribution < -0.4 is 5.32 Å². The summed E-state index contributed by atoms with van der Waals surface area (Å²) in [6.07, 6.45) is 3.11. The van der Waals surface area contributed by atoms with Crippen LogP contribution in [0, 0.1) is 0 Å². The Morgan fingerprint density at radius 1 is 1.05 bits per heavy atom. The molecule has 6 heteroatoms. The molecule has 20 heavy (non-hydrogen) atoms. The lowest BCUT2D eigenvalue weighted by Crippen LogP contribution is -2.48. The molecule has 0 radical (unpaired) electrons. The van der Waals surface area contributed by atoms with E-state index < -0.39 is 17.9 Å². The molecule has 0 saturated carbocycles. The average Bonchev–Trinajstić information content (AvgIpc) is 2.45. The molecule has 1 aliphatic rings. The quantitative estimate of drug-likeness (QED) is 0.751. The normalized spacial score (nSPS) is 18.1. The first kappa shape index (κ1) is 16.2. The minimum absolute atomic E-state index is 0.0138. The fraction of sp³-hybridized carbons (Fsp3) is 0.643. The van der Waals surface area contributed by atoms with Crippen LogP contribution in [0.5, 0.6) is 0 Å². The first-order chi connectivity index (χ1) is 9.34. The molecule has 0 aromatic rings.